The zero-order valence-electron chi connectivity index (χ0n) is 11.1. The van der Waals surface area contributed by atoms with E-state index in [-0.39, 0.29) is 0 Å². The van der Waals surface area contributed by atoms with Crippen LogP contribution in [0.15, 0.2) is 24.3 Å². The molecule has 0 aliphatic rings. The van der Waals surface area contributed by atoms with Gasteiger partial charge in [0, 0.05) is 11.3 Å². The number of anilines is 1. The van der Waals surface area contributed by atoms with Crippen molar-refractivity contribution >= 4 is 16.5 Å². The first kappa shape index (κ1) is 13.1. The van der Waals surface area contributed by atoms with Crippen LogP contribution in [0, 0.1) is 6.92 Å². The van der Waals surface area contributed by atoms with Crippen LogP contribution in [0.1, 0.15) is 41.5 Å². The number of hydrogen-bond donors (Lipinski definition) is 1. The van der Waals surface area contributed by atoms with Crippen molar-refractivity contribution < 1.29 is 0 Å². The Bertz CT molecular complexity index is 500. The first-order valence-electron chi connectivity index (χ1n) is 6.48. The summed E-state index contributed by atoms with van der Waals surface area (Å²) in [5.41, 5.74) is 9.55. The van der Waals surface area contributed by atoms with Crippen LogP contribution in [0.4, 0.5) is 5.13 Å². The fourth-order valence-electron chi connectivity index (χ4n) is 2.00. The lowest BCUT2D eigenvalue weighted by Gasteiger charge is -2.03. The number of hydrogen-bond acceptors (Lipinski definition) is 3. The van der Waals surface area contributed by atoms with E-state index in [4.69, 9.17) is 5.73 Å². The van der Waals surface area contributed by atoms with Crippen LogP contribution in [0.5, 0.6) is 0 Å². The highest BCUT2D eigenvalue weighted by molar-refractivity contribution is 7.15. The quantitative estimate of drug-likeness (QED) is 0.883. The number of unbranched alkanes of at least 4 members (excludes halogenated alkanes) is 1. The number of nitrogens with zero attached hydrogens (tertiary/aromatic N) is 1. The fraction of sp³-hybridized carbons (Fsp3) is 0.400. The lowest BCUT2D eigenvalue weighted by molar-refractivity contribution is 0.795. The standard InChI is InChI=1S/C15H20N2S/c1-3-4-5-12-6-8-13(9-7-12)10-14-11(2)17-15(16)18-14/h6-9H,3-5,10H2,1-2H3,(H2,16,17). The van der Waals surface area contributed by atoms with E-state index >= 15 is 0 Å². The molecular weight excluding hydrogens is 240 g/mol. The number of benzene rings is 1. The smallest absolute Gasteiger partial charge is 0.180 e. The molecule has 96 valence electrons. The monoisotopic (exact) mass is 260 g/mol. The van der Waals surface area contributed by atoms with Crippen molar-refractivity contribution in [1.82, 2.24) is 4.98 Å². The molecule has 0 bridgehead atoms. The molecule has 0 unspecified atom stereocenters. The maximum absolute atomic E-state index is 5.72. The zero-order chi connectivity index (χ0) is 13.0. The average molecular weight is 260 g/mol. The molecule has 18 heavy (non-hydrogen) atoms. The van der Waals surface area contributed by atoms with Gasteiger partial charge in [0.1, 0.15) is 0 Å². The normalized spacial score (nSPS) is 10.8. The molecule has 1 aromatic heterocycles. The van der Waals surface area contributed by atoms with E-state index in [1.165, 1.54) is 35.3 Å². The number of aryl methyl sites for hydroxylation is 2. The van der Waals surface area contributed by atoms with Gasteiger partial charge in [-0.25, -0.2) is 4.98 Å². The molecule has 2 rings (SSSR count). The Labute approximate surface area is 113 Å². The van der Waals surface area contributed by atoms with E-state index in [1.54, 1.807) is 11.3 Å². The van der Waals surface area contributed by atoms with Crippen molar-refractivity contribution in [1.29, 1.82) is 0 Å². The second kappa shape index (κ2) is 6.01. The molecule has 0 atom stereocenters. The third kappa shape index (κ3) is 3.33. The first-order chi connectivity index (χ1) is 8.69. The predicted molar refractivity (Wildman–Crippen MR) is 79.1 cm³/mol. The first-order valence-corrected chi connectivity index (χ1v) is 7.30. The summed E-state index contributed by atoms with van der Waals surface area (Å²) in [6.07, 6.45) is 4.64. The number of nitrogen functional groups attached to an aromatic ring is 1. The number of thiazole rings is 1. The summed E-state index contributed by atoms with van der Waals surface area (Å²) in [7, 11) is 0. The van der Waals surface area contributed by atoms with Gasteiger partial charge in [0.05, 0.1) is 5.69 Å². The van der Waals surface area contributed by atoms with Gasteiger partial charge in [-0.05, 0) is 30.9 Å². The van der Waals surface area contributed by atoms with Crippen LogP contribution in [0.25, 0.3) is 0 Å². The van der Waals surface area contributed by atoms with E-state index in [9.17, 15) is 0 Å². The minimum atomic E-state index is 0.669. The summed E-state index contributed by atoms with van der Waals surface area (Å²) in [6, 6.07) is 8.93. The Hall–Kier alpha value is -1.35. The molecule has 2 aromatic rings. The predicted octanol–water partition coefficient (Wildman–Crippen LogP) is 3.97. The Morgan fingerprint density at radius 3 is 2.39 bits per heavy atom. The Morgan fingerprint density at radius 2 is 1.83 bits per heavy atom. The molecule has 0 saturated heterocycles. The summed E-state index contributed by atoms with van der Waals surface area (Å²) in [5.74, 6) is 0. The lowest BCUT2D eigenvalue weighted by atomic mass is 10.0. The van der Waals surface area contributed by atoms with Gasteiger partial charge in [-0.3, -0.25) is 0 Å². The van der Waals surface area contributed by atoms with Crippen LogP contribution >= 0.6 is 11.3 Å². The minimum absolute atomic E-state index is 0.669. The summed E-state index contributed by atoms with van der Waals surface area (Å²) < 4.78 is 0. The van der Waals surface area contributed by atoms with Crippen LogP contribution in [0.2, 0.25) is 0 Å². The van der Waals surface area contributed by atoms with Gasteiger partial charge in [0.15, 0.2) is 5.13 Å². The van der Waals surface area contributed by atoms with E-state index < -0.39 is 0 Å². The zero-order valence-corrected chi connectivity index (χ0v) is 11.9. The van der Waals surface area contributed by atoms with Gasteiger partial charge in [-0.15, -0.1) is 11.3 Å². The molecule has 0 aliphatic heterocycles. The van der Waals surface area contributed by atoms with Crippen molar-refractivity contribution in [3.63, 3.8) is 0 Å². The third-order valence-electron chi connectivity index (χ3n) is 3.12. The van der Waals surface area contributed by atoms with Crippen LogP contribution in [-0.4, -0.2) is 4.98 Å². The molecule has 0 spiro atoms. The van der Waals surface area contributed by atoms with Gasteiger partial charge < -0.3 is 5.73 Å². The molecule has 0 saturated carbocycles. The van der Waals surface area contributed by atoms with Gasteiger partial charge >= 0.3 is 0 Å². The number of nitrogens with two attached hydrogens (primary N) is 1. The molecule has 3 heteroatoms. The SMILES string of the molecule is CCCCc1ccc(Cc2sc(N)nc2C)cc1. The number of aromatic nitrogens is 1. The van der Waals surface area contributed by atoms with E-state index in [2.05, 4.69) is 36.2 Å². The van der Waals surface area contributed by atoms with Gasteiger partial charge in [-0.2, -0.15) is 0 Å². The van der Waals surface area contributed by atoms with E-state index in [0.717, 1.165) is 12.1 Å². The van der Waals surface area contributed by atoms with Gasteiger partial charge in [-0.1, -0.05) is 37.6 Å². The highest BCUT2D eigenvalue weighted by atomic mass is 32.1. The van der Waals surface area contributed by atoms with Crippen molar-refractivity contribution in [2.75, 3.05) is 5.73 Å². The van der Waals surface area contributed by atoms with E-state index in [0.29, 0.717) is 5.13 Å². The third-order valence-corrected chi connectivity index (χ3v) is 4.10. The summed E-state index contributed by atoms with van der Waals surface area (Å²) in [5, 5.41) is 0.669. The molecular formula is C15H20N2S. The number of rotatable bonds is 5. The van der Waals surface area contributed by atoms with Crippen LogP contribution in [0.3, 0.4) is 0 Å². The topological polar surface area (TPSA) is 38.9 Å². The largest absolute Gasteiger partial charge is 0.375 e. The Morgan fingerprint density at radius 1 is 1.17 bits per heavy atom. The van der Waals surface area contributed by atoms with Crippen molar-refractivity contribution in [2.24, 2.45) is 0 Å². The molecule has 0 aliphatic carbocycles. The highest BCUT2D eigenvalue weighted by Gasteiger charge is 2.06. The molecule has 0 fully saturated rings. The Kier molecular flexibility index (Phi) is 4.37. The maximum Gasteiger partial charge on any atom is 0.180 e. The molecule has 0 amide bonds. The summed E-state index contributed by atoms with van der Waals surface area (Å²) >= 11 is 1.59. The second-order valence-corrected chi connectivity index (χ2v) is 5.77. The van der Waals surface area contributed by atoms with Gasteiger partial charge in [0.25, 0.3) is 0 Å². The average Bonchev–Trinajstić information content (AvgIpc) is 2.67. The van der Waals surface area contributed by atoms with Crippen molar-refractivity contribution in [2.45, 2.75) is 39.5 Å². The Balaban J connectivity index is 2.04. The minimum Gasteiger partial charge on any atom is -0.375 e. The molecule has 2 nitrogen and oxygen atoms in total. The molecule has 0 radical (unpaired) electrons. The molecule has 1 aromatic carbocycles. The molecule has 2 N–H and O–H groups in total. The van der Waals surface area contributed by atoms with Crippen LogP contribution < -0.4 is 5.73 Å². The van der Waals surface area contributed by atoms with Crippen molar-refractivity contribution in [3.8, 4) is 0 Å². The second-order valence-electron chi connectivity index (χ2n) is 4.66. The van der Waals surface area contributed by atoms with Gasteiger partial charge in [0.2, 0.25) is 0 Å². The summed E-state index contributed by atoms with van der Waals surface area (Å²) in [6.45, 7) is 4.25. The molecule has 1 heterocycles. The maximum atomic E-state index is 5.72. The van der Waals surface area contributed by atoms with Crippen LogP contribution in [-0.2, 0) is 12.8 Å². The highest BCUT2D eigenvalue weighted by Crippen LogP contribution is 2.23. The van der Waals surface area contributed by atoms with Crippen molar-refractivity contribution in [3.05, 3.63) is 46.0 Å². The lowest BCUT2D eigenvalue weighted by Crippen LogP contribution is -1.90. The van der Waals surface area contributed by atoms with E-state index in [1.807, 2.05) is 6.92 Å². The fourth-order valence-corrected chi connectivity index (χ4v) is 2.87. The summed E-state index contributed by atoms with van der Waals surface area (Å²) in [4.78, 5) is 5.53.